The maximum Gasteiger partial charge on any atom is 0.263 e. The standard InChI is InChI=1S/C9H18N2O2/c1-7(2)9(13)11(10(4)5)6-8(3)12/h8,12H,1,6H2,2-5H3. The molecule has 13 heavy (non-hydrogen) atoms. The van der Waals surface area contributed by atoms with Crippen molar-refractivity contribution in [1.82, 2.24) is 10.0 Å². The lowest BCUT2D eigenvalue weighted by atomic mass is 10.3. The first-order valence-corrected chi connectivity index (χ1v) is 4.19. The number of aliphatic hydroxyl groups is 1. The van der Waals surface area contributed by atoms with Crippen LogP contribution in [0.25, 0.3) is 0 Å². The van der Waals surface area contributed by atoms with Gasteiger partial charge in [-0.2, -0.15) is 0 Å². The van der Waals surface area contributed by atoms with Gasteiger partial charge in [-0.05, 0) is 13.8 Å². The Kier molecular flexibility index (Phi) is 4.66. The Morgan fingerprint density at radius 2 is 2.00 bits per heavy atom. The molecule has 4 nitrogen and oxygen atoms in total. The molecule has 1 N–H and O–H groups in total. The molecule has 0 aromatic rings. The van der Waals surface area contributed by atoms with Crippen LogP contribution in [-0.4, -0.2) is 47.8 Å². The number of hydrogen-bond donors (Lipinski definition) is 1. The van der Waals surface area contributed by atoms with Crippen molar-refractivity contribution in [2.24, 2.45) is 0 Å². The molecular formula is C9H18N2O2. The zero-order chi connectivity index (χ0) is 10.6. The number of carbonyl (C=O) groups excluding carboxylic acids is 1. The number of carbonyl (C=O) groups is 1. The third-order valence-corrected chi connectivity index (χ3v) is 1.52. The molecule has 1 atom stereocenters. The van der Waals surface area contributed by atoms with Crippen molar-refractivity contribution < 1.29 is 9.90 Å². The molecule has 0 aliphatic carbocycles. The molecule has 0 heterocycles. The Morgan fingerprint density at radius 3 is 2.23 bits per heavy atom. The maximum absolute atomic E-state index is 11.5. The van der Waals surface area contributed by atoms with E-state index in [-0.39, 0.29) is 5.91 Å². The number of rotatable bonds is 4. The van der Waals surface area contributed by atoms with Crippen LogP contribution in [0.2, 0.25) is 0 Å². The summed E-state index contributed by atoms with van der Waals surface area (Å²) < 4.78 is 0. The Bertz CT molecular complexity index is 200. The molecule has 0 aromatic carbocycles. The minimum Gasteiger partial charge on any atom is -0.392 e. The van der Waals surface area contributed by atoms with Gasteiger partial charge in [0, 0.05) is 19.7 Å². The summed E-state index contributed by atoms with van der Waals surface area (Å²) in [5, 5.41) is 12.2. The van der Waals surface area contributed by atoms with Crippen molar-refractivity contribution in [3.63, 3.8) is 0 Å². The lowest BCUT2D eigenvalue weighted by Gasteiger charge is -2.30. The molecule has 1 amide bonds. The lowest BCUT2D eigenvalue weighted by molar-refractivity contribution is -0.142. The van der Waals surface area contributed by atoms with Crippen LogP contribution in [0.4, 0.5) is 0 Å². The predicted octanol–water partition coefficient (Wildman–Crippen LogP) is 0.248. The topological polar surface area (TPSA) is 43.8 Å². The van der Waals surface area contributed by atoms with Gasteiger partial charge in [0.2, 0.25) is 0 Å². The van der Waals surface area contributed by atoms with Gasteiger partial charge in [-0.15, -0.1) is 0 Å². The molecule has 0 saturated heterocycles. The van der Waals surface area contributed by atoms with Gasteiger partial charge in [-0.3, -0.25) is 9.80 Å². The van der Waals surface area contributed by atoms with Gasteiger partial charge in [0.1, 0.15) is 0 Å². The number of nitrogens with zero attached hydrogens (tertiary/aromatic N) is 2. The first-order valence-electron chi connectivity index (χ1n) is 4.19. The third-order valence-electron chi connectivity index (χ3n) is 1.52. The molecule has 4 heteroatoms. The van der Waals surface area contributed by atoms with Crippen LogP contribution < -0.4 is 0 Å². The Morgan fingerprint density at radius 1 is 1.54 bits per heavy atom. The van der Waals surface area contributed by atoms with Crippen LogP contribution in [0.3, 0.4) is 0 Å². The lowest BCUT2D eigenvalue weighted by Crippen LogP contribution is -2.45. The molecule has 0 radical (unpaired) electrons. The number of aliphatic hydroxyl groups excluding tert-OH is 1. The maximum atomic E-state index is 11.5. The van der Waals surface area contributed by atoms with E-state index in [9.17, 15) is 4.79 Å². The molecule has 0 aromatic heterocycles. The second-order valence-corrected chi connectivity index (χ2v) is 3.36. The van der Waals surface area contributed by atoms with Crippen molar-refractivity contribution in [1.29, 1.82) is 0 Å². The zero-order valence-corrected chi connectivity index (χ0v) is 8.74. The van der Waals surface area contributed by atoms with Crippen LogP contribution in [-0.2, 0) is 4.79 Å². The van der Waals surface area contributed by atoms with E-state index in [2.05, 4.69) is 6.58 Å². The Hall–Kier alpha value is -0.870. The molecule has 0 aliphatic heterocycles. The van der Waals surface area contributed by atoms with Crippen molar-refractivity contribution in [3.05, 3.63) is 12.2 Å². The summed E-state index contributed by atoms with van der Waals surface area (Å²) in [6.07, 6.45) is -0.536. The van der Waals surface area contributed by atoms with Crippen LogP contribution in [0.1, 0.15) is 13.8 Å². The molecule has 0 aliphatic rings. The van der Waals surface area contributed by atoms with Gasteiger partial charge < -0.3 is 5.11 Å². The van der Waals surface area contributed by atoms with Gasteiger partial charge in [0.15, 0.2) is 0 Å². The highest BCUT2D eigenvalue weighted by molar-refractivity contribution is 5.91. The summed E-state index contributed by atoms with van der Waals surface area (Å²) in [6, 6.07) is 0. The number of amides is 1. The second-order valence-electron chi connectivity index (χ2n) is 3.36. The first kappa shape index (κ1) is 12.1. The first-order chi connectivity index (χ1) is 5.86. The van der Waals surface area contributed by atoms with E-state index in [0.717, 1.165) is 0 Å². The molecule has 0 spiro atoms. The highest BCUT2D eigenvalue weighted by Crippen LogP contribution is 2.01. The number of hydrogen-bond acceptors (Lipinski definition) is 3. The van der Waals surface area contributed by atoms with Crippen LogP contribution in [0.5, 0.6) is 0 Å². The quantitative estimate of drug-likeness (QED) is 0.505. The number of hydrazine groups is 1. The van der Waals surface area contributed by atoms with Crippen LogP contribution in [0, 0.1) is 0 Å². The van der Waals surface area contributed by atoms with Crippen molar-refractivity contribution in [2.45, 2.75) is 20.0 Å². The second kappa shape index (κ2) is 4.99. The highest BCUT2D eigenvalue weighted by Gasteiger charge is 2.17. The minimum absolute atomic E-state index is 0.161. The molecule has 1 unspecified atom stereocenters. The van der Waals surface area contributed by atoms with Gasteiger partial charge in [0.25, 0.3) is 5.91 Å². The van der Waals surface area contributed by atoms with E-state index < -0.39 is 6.10 Å². The summed E-state index contributed by atoms with van der Waals surface area (Å²) in [5.74, 6) is -0.161. The molecule has 0 bridgehead atoms. The minimum atomic E-state index is -0.536. The van der Waals surface area contributed by atoms with Crippen molar-refractivity contribution in [3.8, 4) is 0 Å². The van der Waals surface area contributed by atoms with Crippen molar-refractivity contribution in [2.75, 3.05) is 20.6 Å². The Balaban J connectivity index is 4.42. The fourth-order valence-electron chi connectivity index (χ4n) is 0.898. The largest absolute Gasteiger partial charge is 0.392 e. The fraction of sp³-hybridized carbons (Fsp3) is 0.667. The average molecular weight is 186 g/mol. The van der Waals surface area contributed by atoms with E-state index >= 15 is 0 Å². The molecule has 0 saturated carbocycles. The summed E-state index contributed by atoms with van der Waals surface area (Å²) in [7, 11) is 3.51. The van der Waals surface area contributed by atoms with Gasteiger partial charge in [-0.1, -0.05) is 6.58 Å². The Labute approximate surface area is 79.4 Å². The fourth-order valence-corrected chi connectivity index (χ4v) is 0.898. The zero-order valence-electron chi connectivity index (χ0n) is 8.74. The molecular weight excluding hydrogens is 168 g/mol. The summed E-state index contributed by atoms with van der Waals surface area (Å²) in [4.78, 5) is 11.5. The third kappa shape index (κ3) is 4.05. The van der Waals surface area contributed by atoms with E-state index in [0.29, 0.717) is 12.1 Å². The van der Waals surface area contributed by atoms with E-state index in [1.54, 1.807) is 33.0 Å². The van der Waals surface area contributed by atoms with Crippen LogP contribution >= 0.6 is 0 Å². The molecule has 76 valence electrons. The van der Waals surface area contributed by atoms with E-state index in [4.69, 9.17) is 5.11 Å². The molecule has 0 fully saturated rings. The van der Waals surface area contributed by atoms with Crippen molar-refractivity contribution >= 4 is 5.91 Å². The summed E-state index contributed by atoms with van der Waals surface area (Å²) in [5.41, 5.74) is 0.467. The highest BCUT2D eigenvalue weighted by atomic mass is 16.3. The monoisotopic (exact) mass is 186 g/mol. The normalized spacial score (nSPS) is 12.8. The predicted molar refractivity (Wildman–Crippen MR) is 51.9 cm³/mol. The molecule has 0 rings (SSSR count). The summed E-state index contributed by atoms with van der Waals surface area (Å²) >= 11 is 0. The van der Waals surface area contributed by atoms with E-state index in [1.165, 1.54) is 5.01 Å². The van der Waals surface area contributed by atoms with Gasteiger partial charge in [0.05, 0.1) is 12.6 Å². The van der Waals surface area contributed by atoms with Gasteiger partial charge in [-0.25, -0.2) is 5.01 Å². The van der Waals surface area contributed by atoms with E-state index in [1.807, 2.05) is 0 Å². The SMILES string of the molecule is C=C(C)C(=O)N(CC(C)O)N(C)C. The van der Waals surface area contributed by atoms with Crippen LogP contribution in [0.15, 0.2) is 12.2 Å². The van der Waals surface area contributed by atoms with Gasteiger partial charge >= 0.3 is 0 Å². The summed E-state index contributed by atoms with van der Waals surface area (Å²) in [6.45, 7) is 7.15. The smallest absolute Gasteiger partial charge is 0.263 e. The average Bonchev–Trinajstić information content (AvgIpc) is 1.97.